The molecular formula is C19H24O4. The molecule has 0 fully saturated rings. The van der Waals surface area contributed by atoms with Crippen molar-refractivity contribution in [3.63, 3.8) is 0 Å². The Balaban J connectivity index is 2.45. The van der Waals surface area contributed by atoms with Crippen LogP contribution in [-0.2, 0) is 14.3 Å². The summed E-state index contributed by atoms with van der Waals surface area (Å²) in [6, 6.07) is 8.86. The molecule has 1 unspecified atom stereocenters. The van der Waals surface area contributed by atoms with Crippen LogP contribution in [0.3, 0.4) is 0 Å². The third kappa shape index (κ3) is 7.04. The van der Waals surface area contributed by atoms with Crippen LogP contribution in [0.2, 0.25) is 0 Å². The molecule has 4 heteroatoms. The normalized spacial score (nSPS) is 12.1. The summed E-state index contributed by atoms with van der Waals surface area (Å²) in [6.45, 7) is 3.63. The summed E-state index contributed by atoms with van der Waals surface area (Å²) in [5.74, 6) is -1.11. The Morgan fingerprint density at radius 1 is 1.13 bits per heavy atom. The van der Waals surface area contributed by atoms with E-state index >= 15 is 0 Å². The molecule has 0 aliphatic rings. The van der Waals surface area contributed by atoms with Gasteiger partial charge >= 0.3 is 5.97 Å². The lowest BCUT2D eigenvalue weighted by molar-refractivity contribution is -0.143. The highest BCUT2D eigenvalue weighted by Gasteiger charge is 2.22. The maximum absolute atomic E-state index is 12.4. The smallest absolute Gasteiger partial charge is 0.305 e. The van der Waals surface area contributed by atoms with Gasteiger partial charge in [0.05, 0.1) is 12.5 Å². The van der Waals surface area contributed by atoms with Gasteiger partial charge in [-0.3, -0.25) is 14.4 Å². The third-order valence-corrected chi connectivity index (χ3v) is 3.46. The molecule has 0 amide bonds. The number of benzene rings is 1. The number of ketones is 2. The van der Waals surface area contributed by atoms with E-state index < -0.39 is 5.92 Å². The van der Waals surface area contributed by atoms with Crippen LogP contribution in [0.15, 0.2) is 42.5 Å². The van der Waals surface area contributed by atoms with Crippen LogP contribution in [-0.4, -0.2) is 24.1 Å². The molecule has 0 bridgehead atoms. The SMILES string of the molecule is CCOC(=O)CCC/C=C\CC(C(C)=O)C(=O)c1ccccc1. The van der Waals surface area contributed by atoms with Crippen LogP contribution < -0.4 is 0 Å². The van der Waals surface area contributed by atoms with E-state index in [-0.39, 0.29) is 17.5 Å². The second-order valence-electron chi connectivity index (χ2n) is 5.30. The van der Waals surface area contributed by atoms with Crippen molar-refractivity contribution in [1.82, 2.24) is 0 Å². The van der Waals surface area contributed by atoms with Gasteiger partial charge in [-0.25, -0.2) is 0 Å². The van der Waals surface area contributed by atoms with Crippen LogP contribution >= 0.6 is 0 Å². The van der Waals surface area contributed by atoms with Crippen molar-refractivity contribution >= 4 is 17.5 Å². The lowest BCUT2D eigenvalue weighted by atomic mass is 9.91. The molecule has 4 nitrogen and oxygen atoms in total. The summed E-state index contributed by atoms with van der Waals surface area (Å²) in [5.41, 5.74) is 0.559. The predicted molar refractivity (Wildman–Crippen MR) is 89.2 cm³/mol. The minimum Gasteiger partial charge on any atom is -0.466 e. The second kappa shape index (κ2) is 10.5. The minimum atomic E-state index is -0.640. The fourth-order valence-corrected chi connectivity index (χ4v) is 2.21. The fraction of sp³-hybridized carbons (Fsp3) is 0.421. The van der Waals surface area contributed by atoms with Crippen molar-refractivity contribution in [3.8, 4) is 0 Å². The average Bonchev–Trinajstić information content (AvgIpc) is 2.54. The van der Waals surface area contributed by atoms with Crippen molar-refractivity contribution in [2.24, 2.45) is 5.92 Å². The van der Waals surface area contributed by atoms with Crippen LogP contribution in [0.25, 0.3) is 0 Å². The molecule has 0 N–H and O–H groups in total. The summed E-state index contributed by atoms with van der Waals surface area (Å²) in [6.07, 6.45) is 5.96. The second-order valence-corrected chi connectivity index (χ2v) is 5.30. The van der Waals surface area contributed by atoms with E-state index in [0.29, 0.717) is 31.4 Å². The fourth-order valence-electron chi connectivity index (χ4n) is 2.21. The van der Waals surface area contributed by atoms with E-state index in [4.69, 9.17) is 4.74 Å². The zero-order valence-electron chi connectivity index (χ0n) is 13.8. The molecule has 0 heterocycles. The van der Waals surface area contributed by atoms with E-state index in [1.807, 2.05) is 18.2 Å². The molecule has 124 valence electrons. The Morgan fingerprint density at radius 3 is 2.43 bits per heavy atom. The zero-order chi connectivity index (χ0) is 17.1. The van der Waals surface area contributed by atoms with Crippen molar-refractivity contribution < 1.29 is 19.1 Å². The number of rotatable bonds is 10. The number of allylic oxidation sites excluding steroid dienone is 2. The largest absolute Gasteiger partial charge is 0.466 e. The van der Waals surface area contributed by atoms with Gasteiger partial charge in [0.25, 0.3) is 0 Å². The third-order valence-electron chi connectivity index (χ3n) is 3.46. The first kappa shape index (κ1) is 18.8. The molecule has 0 radical (unpaired) electrons. The molecule has 0 spiro atoms. The maximum Gasteiger partial charge on any atom is 0.305 e. The molecule has 0 aliphatic heterocycles. The molecule has 1 rings (SSSR count). The summed E-state index contributed by atoms with van der Waals surface area (Å²) in [4.78, 5) is 35.3. The van der Waals surface area contributed by atoms with Crippen molar-refractivity contribution in [2.45, 2.75) is 39.5 Å². The summed E-state index contributed by atoms with van der Waals surface area (Å²) >= 11 is 0. The van der Waals surface area contributed by atoms with E-state index in [2.05, 4.69) is 0 Å². The number of Topliss-reactive ketones (excluding diaryl/α,β-unsaturated/α-hetero) is 2. The van der Waals surface area contributed by atoms with Crippen molar-refractivity contribution in [2.75, 3.05) is 6.61 Å². The van der Waals surface area contributed by atoms with Gasteiger partial charge in [-0.05, 0) is 33.1 Å². The van der Waals surface area contributed by atoms with Gasteiger partial charge < -0.3 is 4.74 Å². The number of unbranched alkanes of at least 4 members (excludes halogenated alkanes) is 1. The molecule has 23 heavy (non-hydrogen) atoms. The molecule has 0 saturated heterocycles. The predicted octanol–water partition coefficient (Wildman–Crippen LogP) is 3.75. The lowest BCUT2D eigenvalue weighted by Crippen LogP contribution is -2.21. The highest BCUT2D eigenvalue weighted by atomic mass is 16.5. The van der Waals surface area contributed by atoms with Crippen LogP contribution in [0.1, 0.15) is 49.9 Å². The summed E-state index contributed by atoms with van der Waals surface area (Å²) in [5, 5.41) is 0. The molecule has 1 aromatic rings. The van der Waals surface area contributed by atoms with Crippen molar-refractivity contribution in [3.05, 3.63) is 48.0 Å². The molecule has 0 saturated carbocycles. The zero-order valence-corrected chi connectivity index (χ0v) is 13.8. The summed E-state index contributed by atoms with van der Waals surface area (Å²) in [7, 11) is 0. The Kier molecular flexibility index (Phi) is 8.58. The Morgan fingerprint density at radius 2 is 1.83 bits per heavy atom. The van der Waals surface area contributed by atoms with E-state index in [0.717, 1.165) is 6.42 Å². The molecule has 1 aromatic carbocycles. The molecule has 0 aromatic heterocycles. The van der Waals surface area contributed by atoms with Gasteiger partial charge in [-0.2, -0.15) is 0 Å². The Hall–Kier alpha value is -2.23. The number of esters is 1. The Bertz CT molecular complexity index is 546. The monoisotopic (exact) mass is 316 g/mol. The van der Waals surface area contributed by atoms with Gasteiger partial charge in [0.1, 0.15) is 5.78 Å². The quantitative estimate of drug-likeness (QED) is 0.217. The lowest BCUT2D eigenvalue weighted by Gasteiger charge is -2.10. The standard InChI is InChI=1S/C19H24O4/c1-3-23-18(21)14-10-5-4-9-13-17(15(2)20)19(22)16-11-7-6-8-12-16/h4,6-9,11-12,17H,3,5,10,13-14H2,1-2H3/b9-4-. The Labute approximate surface area is 137 Å². The van der Waals surface area contributed by atoms with Gasteiger partial charge in [0.15, 0.2) is 5.78 Å². The number of carbonyl (C=O) groups is 3. The highest BCUT2D eigenvalue weighted by Crippen LogP contribution is 2.15. The van der Waals surface area contributed by atoms with Crippen LogP contribution in [0.5, 0.6) is 0 Å². The molecule has 1 atom stereocenters. The minimum absolute atomic E-state index is 0.130. The van der Waals surface area contributed by atoms with E-state index in [9.17, 15) is 14.4 Å². The topological polar surface area (TPSA) is 60.4 Å². The molecule has 0 aliphatic carbocycles. The highest BCUT2D eigenvalue weighted by molar-refractivity contribution is 6.10. The van der Waals surface area contributed by atoms with Crippen LogP contribution in [0.4, 0.5) is 0 Å². The first-order valence-electron chi connectivity index (χ1n) is 7.96. The van der Waals surface area contributed by atoms with E-state index in [1.54, 1.807) is 31.2 Å². The first-order chi connectivity index (χ1) is 11.1. The van der Waals surface area contributed by atoms with Gasteiger partial charge in [0, 0.05) is 12.0 Å². The van der Waals surface area contributed by atoms with Gasteiger partial charge in [-0.15, -0.1) is 0 Å². The number of ether oxygens (including phenoxy) is 1. The number of hydrogen-bond acceptors (Lipinski definition) is 4. The first-order valence-corrected chi connectivity index (χ1v) is 7.96. The summed E-state index contributed by atoms with van der Waals surface area (Å²) < 4.78 is 4.85. The van der Waals surface area contributed by atoms with Crippen molar-refractivity contribution in [1.29, 1.82) is 0 Å². The van der Waals surface area contributed by atoms with E-state index in [1.165, 1.54) is 6.92 Å². The molecular weight excluding hydrogens is 292 g/mol. The number of hydrogen-bond donors (Lipinski definition) is 0. The average molecular weight is 316 g/mol. The number of carbonyl (C=O) groups excluding carboxylic acids is 3. The van der Waals surface area contributed by atoms with Crippen LogP contribution in [0, 0.1) is 5.92 Å². The maximum atomic E-state index is 12.4. The van der Waals surface area contributed by atoms with Gasteiger partial charge in [-0.1, -0.05) is 42.5 Å². The van der Waals surface area contributed by atoms with Gasteiger partial charge in [0.2, 0.25) is 0 Å².